The van der Waals surface area contributed by atoms with Crippen molar-refractivity contribution in [3.05, 3.63) is 33.3 Å². The molecule has 7 heteroatoms. The number of aliphatic hydroxyl groups excluding tert-OH is 1. The quantitative estimate of drug-likeness (QED) is 0.631. The standard InChI is InChI=1S/C11H15ClN2O4/c1-13(6-9(15)7-18-2)11-5-8(12)3-4-10(11)14(16)17/h3-5,9,15H,6-7H2,1-2H3. The molecular formula is C11H15ClN2O4. The van der Waals surface area contributed by atoms with E-state index in [1.807, 2.05) is 0 Å². The van der Waals surface area contributed by atoms with Crippen LogP contribution in [0.2, 0.25) is 5.02 Å². The third kappa shape index (κ3) is 3.83. The Balaban J connectivity index is 2.93. The molecule has 1 aromatic rings. The van der Waals surface area contributed by atoms with Crippen molar-refractivity contribution < 1.29 is 14.8 Å². The number of nitrogens with zero attached hydrogens (tertiary/aromatic N) is 2. The normalized spacial score (nSPS) is 12.2. The van der Waals surface area contributed by atoms with Crippen LogP contribution in [-0.2, 0) is 4.74 Å². The molecule has 0 aliphatic heterocycles. The van der Waals surface area contributed by atoms with Crippen molar-refractivity contribution >= 4 is 23.0 Å². The van der Waals surface area contributed by atoms with E-state index in [1.165, 1.54) is 25.3 Å². The molecule has 0 bridgehead atoms. The van der Waals surface area contributed by atoms with Crippen LogP contribution in [0.25, 0.3) is 0 Å². The van der Waals surface area contributed by atoms with Crippen LogP contribution < -0.4 is 4.90 Å². The van der Waals surface area contributed by atoms with Gasteiger partial charge in [-0.3, -0.25) is 10.1 Å². The number of anilines is 1. The predicted octanol–water partition coefficient (Wildman–Crippen LogP) is 1.69. The van der Waals surface area contributed by atoms with Crippen molar-refractivity contribution in [3.8, 4) is 0 Å². The molecule has 0 heterocycles. The SMILES string of the molecule is COCC(O)CN(C)c1cc(Cl)ccc1[N+](=O)[O-]. The lowest BCUT2D eigenvalue weighted by atomic mass is 10.2. The average Bonchev–Trinajstić information content (AvgIpc) is 2.28. The average molecular weight is 275 g/mol. The van der Waals surface area contributed by atoms with E-state index in [0.29, 0.717) is 10.7 Å². The molecular weight excluding hydrogens is 260 g/mol. The van der Waals surface area contributed by atoms with Crippen molar-refractivity contribution in [2.24, 2.45) is 0 Å². The van der Waals surface area contributed by atoms with E-state index in [9.17, 15) is 15.2 Å². The van der Waals surface area contributed by atoms with Gasteiger partial charge in [0.2, 0.25) is 0 Å². The van der Waals surface area contributed by atoms with Gasteiger partial charge < -0.3 is 14.7 Å². The monoisotopic (exact) mass is 274 g/mol. The first-order valence-corrected chi connectivity index (χ1v) is 5.65. The molecule has 0 aromatic heterocycles. The number of hydrogen-bond acceptors (Lipinski definition) is 5. The van der Waals surface area contributed by atoms with E-state index in [2.05, 4.69) is 0 Å². The van der Waals surface area contributed by atoms with Gasteiger partial charge in [-0.2, -0.15) is 0 Å². The van der Waals surface area contributed by atoms with Crippen LogP contribution in [0.5, 0.6) is 0 Å². The molecule has 1 unspecified atom stereocenters. The zero-order chi connectivity index (χ0) is 13.7. The summed E-state index contributed by atoms with van der Waals surface area (Å²) in [7, 11) is 3.13. The Morgan fingerprint density at radius 2 is 2.28 bits per heavy atom. The lowest BCUT2D eigenvalue weighted by molar-refractivity contribution is -0.384. The molecule has 1 aromatic carbocycles. The second-order valence-corrected chi connectivity index (χ2v) is 4.32. The van der Waals surface area contributed by atoms with Crippen LogP contribution in [0.4, 0.5) is 11.4 Å². The highest BCUT2D eigenvalue weighted by molar-refractivity contribution is 6.31. The van der Waals surface area contributed by atoms with Gasteiger partial charge in [-0.1, -0.05) is 11.6 Å². The Morgan fingerprint density at radius 3 is 2.83 bits per heavy atom. The zero-order valence-electron chi connectivity index (χ0n) is 10.2. The number of hydrogen-bond donors (Lipinski definition) is 1. The van der Waals surface area contributed by atoms with Gasteiger partial charge in [0.15, 0.2) is 0 Å². The number of benzene rings is 1. The number of nitro groups is 1. The topological polar surface area (TPSA) is 75.8 Å². The molecule has 0 saturated carbocycles. The minimum absolute atomic E-state index is 0.0495. The van der Waals surface area contributed by atoms with Gasteiger partial charge in [-0.05, 0) is 12.1 Å². The third-order valence-electron chi connectivity index (χ3n) is 2.39. The molecule has 0 radical (unpaired) electrons. The molecule has 0 aliphatic carbocycles. The molecule has 1 rings (SSSR count). The van der Waals surface area contributed by atoms with Crippen molar-refractivity contribution in [3.63, 3.8) is 0 Å². The number of likely N-dealkylation sites (N-methyl/N-ethyl adjacent to an activating group) is 1. The van der Waals surface area contributed by atoms with E-state index in [4.69, 9.17) is 16.3 Å². The lowest BCUT2D eigenvalue weighted by Crippen LogP contribution is -2.32. The molecule has 1 atom stereocenters. The van der Waals surface area contributed by atoms with Gasteiger partial charge >= 0.3 is 0 Å². The number of nitro benzene ring substituents is 1. The fourth-order valence-electron chi connectivity index (χ4n) is 1.62. The van der Waals surface area contributed by atoms with Crippen LogP contribution in [-0.4, -0.2) is 43.4 Å². The summed E-state index contributed by atoms with van der Waals surface area (Å²) in [5.74, 6) is 0. The highest BCUT2D eigenvalue weighted by Gasteiger charge is 2.19. The van der Waals surface area contributed by atoms with E-state index in [-0.39, 0.29) is 18.8 Å². The second kappa shape index (κ2) is 6.53. The summed E-state index contributed by atoms with van der Waals surface area (Å²) < 4.78 is 4.81. The highest BCUT2D eigenvalue weighted by atomic mass is 35.5. The summed E-state index contributed by atoms with van der Waals surface area (Å²) in [5.41, 5.74) is 0.314. The van der Waals surface area contributed by atoms with E-state index in [1.54, 1.807) is 11.9 Å². The summed E-state index contributed by atoms with van der Waals surface area (Å²) in [4.78, 5) is 12.0. The first-order valence-electron chi connectivity index (χ1n) is 5.27. The summed E-state index contributed by atoms with van der Waals surface area (Å²) in [5, 5.41) is 20.9. The first-order chi connectivity index (χ1) is 8.45. The fraction of sp³-hybridized carbons (Fsp3) is 0.455. The van der Waals surface area contributed by atoms with Crippen LogP contribution in [0.3, 0.4) is 0 Å². The summed E-state index contributed by atoms with van der Waals surface area (Å²) >= 11 is 5.83. The largest absolute Gasteiger partial charge is 0.389 e. The molecule has 1 N–H and O–H groups in total. The fourth-order valence-corrected chi connectivity index (χ4v) is 1.78. The van der Waals surface area contributed by atoms with E-state index in [0.717, 1.165) is 0 Å². The number of aliphatic hydroxyl groups is 1. The van der Waals surface area contributed by atoms with Gasteiger partial charge in [-0.15, -0.1) is 0 Å². The Kier molecular flexibility index (Phi) is 5.33. The molecule has 0 amide bonds. The Hall–Kier alpha value is -1.37. The summed E-state index contributed by atoms with van der Waals surface area (Å²) in [6.07, 6.45) is -0.724. The molecule has 100 valence electrons. The van der Waals surface area contributed by atoms with Crippen LogP contribution in [0.1, 0.15) is 0 Å². The van der Waals surface area contributed by atoms with Gasteiger partial charge in [0.1, 0.15) is 5.69 Å². The van der Waals surface area contributed by atoms with Crippen molar-refractivity contribution in [1.29, 1.82) is 0 Å². The Labute approximate surface area is 110 Å². The summed E-state index contributed by atoms with van der Waals surface area (Å²) in [6, 6.07) is 4.30. The number of rotatable bonds is 6. The second-order valence-electron chi connectivity index (χ2n) is 3.88. The van der Waals surface area contributed by atoms with E-state index < -0.39 is 11.0 Å². The predicted molar refractivity (Wildman–Crippen MR) is 69.3 cm³/mol. The van der Waals surface area contributed by atoms with Gasteiger partial charge in [0.25, 0.3) is 5.69 Å². The third-order valence-corrected chi connectivity index (χ3v) is 2.62. The molecule has 6 nitrogen and oxygen atoms in total. The van der Waals surface area contributed by atoms with Crippen LogP contribution in [0, 0.1) is 10.1 Å². The van der Waals surface area contributed by atoms with E-state index >= 15 is 0 Å². The maximum Gasteiger partial charge on any atom is 0.292 e. The summed E-state index contributed by atoms with van der Waals surface area (Å²) in [6.45, 7) is 0.383. The molecule has 0 aliphatic rings. The van der Waals surface area contributed by atoms with Crippen molar-refractivity contribution in [2.75, 3.05) is 32.2 Å². The van der Waals surface area contributed by atoms with Gasteiger partial charge in [-0.25, -0.2) is 0 Å². The number of methoxy groups -OCH3 is 1. The zero-order valence-corrected chi connectivity index (χ0v) is 10.9. The molecule has 0 spiro atoms. The smallest absolute Gasteiger partial charge is 0.292 e. The van der Waals surface area contributed by atoms with Crippen LogP contribution in [0.15, 0.2) is 18.2 Å². The van der Waals surface area contributed by atoms with Gasteiger partial charge in [0.05, 0.1) is 17.6 Å². The first kappa shape index (κ1) is 14.7. The minimum Gasteiger partial charge on any atom is -0.389 e. The molecule has 0 saturated heterocycles. The maximum atomic E-state index is 10.9. The molecule has 0 fully saturated rings. The van der Waals surface area contributed by atoms with Crippen LogP contribution >= 0.6 is 11.6 Å². The minimum atomic E-state index is -0.724. The Bertz CT molecular complexity index is 428. The van der Waals surface area contributed by atoms with Gasteiger partial charge in [0, 0.05) is 31.8 Å². The molecule has 18 heavy (non-hydrogen) atoms. The lowest BCUT2D eigenvalue weighted by Gasteiger charge is -2.22. The van der Waals surface area contributed by atoms with Crippen molar-refractivity contribution in [1.82, 2.24) is 0 Å². The highest BCUT2D eigenvalue weighted by Crippen LogP contribution is 2.30. The number of halogens is 1. The number of ether oxygens (including phenoxy) is 1. The Morgan fingerprint density at radius 1 is 1.61 bits per heavy atom. The van der Waals surface area contributed by atoms with Crippen molar-refractivity contribution in [2.45, 2.75) is 6.10 Å². The maximum absolute atomic E-state index is 10.9.